The monoisotopic (exact) mass is 304 g/mol. The Morgan fingerprint density at radius 3 is 2.48 bits per heavy atom. The lowest BCUT2D eigenvalue weighted by atomic mass is 10.1. The van der Waals surface area contributed by atoms with E-state index in [9.17, 15) is 17.6 Å². The van der Waals surface area contributed by atoms with Crippen molar-refractivity contribution in [2.24, 2.45) is 0 Å². The third-order valence-corrected chi connectivity index (χ3v) is 3.39. The molecule has 1 N–H and O–H groups in total. The van der Waals surface area contributed by atoms with E-state index >= 15 is 0 Å². The first-order valence-corrected chi connectivity index (χ1v) is 7.11. The maximum absolute atomic E-state index is 13.4. The molecule has 0 radical (unpaired) electrons. The molecule has 1 aromatic rings. The van der Waals surface area contributed by atoms with Crippen LogP contribution in [0.25, 0.3) is 0 Å². The minimum absolute atomic E-state index is 0.0881. The Kier molecular flexibility index (Phi) is 4.76. The molecule has 0 bridgehead atoms. The molecule has 0 aliphatic heterocycles. The molecular weight excluding hydrogens is 284 g/mol. The quantitative estimate of drug-likeness (QED) is 0.803. The highest BCUT2D eigenvalue weighted by molar-refractivity contribution is 5.55. The van der Waals surface area contributed by atoms with Crippen molar-refractivity contribution in [3.05, 3.63) is 29.6 Å². The summed E-state index contributed by atoms with van der Waals surface area (Å²) in [6.07, 6.45) is -2.76. The zero-order valence-electron chi connectivity index (χ0n) is 12.2. The van der Waals surface area contributed by atoms with Crippen molar-refractivity contribution in [1.82, 2.24) is 5.32 Å². The molecule has 0 spiro atoms. The lowest BCUT2D eigenvalue weighted by Crippen LogP contribution is -2.37. The number of alkyl halides is 3. The lowest BCUT2D eigenvalue weighted by Gasteiger charge is -2.28. The van der Waals surface area contributed by atoms with Crippen molar-refractivity contribution < 1.29 is 17.6 Å². The van der Waals surface area contributed by atoms with Crippen LogP contribution in [0.15, 0.2) is 18.2 Å². The van der Waals surface area contributed by atoms with Crippen molar-refractivity contribution in [3.63, 3.8) is 0 Å². The SMILES string of the molecule is CC(C)NCc1cc(F)ccc1N(CC(F)(F)F)C1CC1. The van der Waals surface area contributed by atoms with E-state index in [-0.39, 0.29) is 12.1 Å². The van der Waals surface area contributed by atoms with E-state index in [1.165, 1.54) is 23.1 Å². The van der Waals surface area contributed by atoms with E-state index < -0.39 is 18.5 Å². The second-order valence-corrected chi connectivity index (χ2v) is 5.78. The molecule has 21 heavy (non-hydrogen) atoms. The summed E-state index contributed by atoms with van der Waals surface area (Å²) in [5, 5.41) is 3.13. The van der Waals surface area contributed by atoms with Crippen LogP contribution in [-0.2, 0) is 6.54 Å². The summed E-state index contributed by atoms with van der Waals surface area (Å²) in [5.74, 6) is -0.429. The van der Waals surface area contributed by atoms with Crippen LogP contribution in [0, 0.1) is 5.82 Å². The predicted octanol–water partition coefficient (Wildman–Crippen LogP) is 3.85. The summed E-state index contributed by atoms with van der Waals surface area (Å²) in [5.41, 5.74) is 1.05. The molecule has 0 unspecified atom stereocenters. The molecule has 0 saturated heterocycles. The molecule has 0 amide bonds. The zero-order chi connectivity index (χ0) is 15.6. The van der Waals surface area contributed by atoms with Gasteiger partial charge in [-0.3, -0.25) is 0 Å². The maximum atomic E-state index is 13.4. The third-order valence-electron chi connectivity index (χ3n) is 3.39. The first-order chi connectivity index (χ1) is 9.76. The number of hydrogen-bond acceptors (Lipinski definition) is 2. The predicted molar refractivity (Wildman–Crippen MR) is 74.8 cm³/mol. The highest BCUT2D eigenvalue weighted by Gasteiger charge is 2.38. The normalized spacial score (nSPS) is 15.6. The van der Waals surface area contributed by atoms with Crippen LogP contribution in [0.2, 0.25) is 0 Å². The highest BCUT2D eigenvalue weighted by Crippen LogP contribution is 2.36. The zero-order valence-corrected chi connectivity index (χ0v) is 12.2. The number of anilines is 1. The van der Waals surface area contributed by atoms with Gasteiger partial charge in [-0.2, -0.15) is 13.2 Å². The molecule has 0 heterocycles. The van der Waals surface area contributed by atoms with Gasteiger partial charge in [0.05, 0.1) is 0 Å². The molecule has 118 valence electrons. The first-order valence-electron chi connectivity index (χ1n) is 7.11. The molecule has 1 aromatic carbocycles. The fourth-order valence-corrected chi connectivity index (χ4v) is 2.28. The Morgan fingerprint density at radius 2 is 1.95 bits per heavy atom. The smallest absolute Gasteiger partial charge is 0.359 e. The van der Waals surface area contributed by atoms with Crippen molar-refractivity contribution in [2.75, 3.05) is 11.4 Å². The summed E-state index contributed by atoms with van der Waals surface area (Å²) in [6.45, 7) is 3.24. The lowest BCUT2D eigenvalue weighted by molar-refractivity contribution is -0.120. The Morgan fingerprint density at radius 1 is 1.29 bits per heavy atom. The molecule has 6 heteroatoms. The minimum atomic E-state index is -4.26. The summed E-state index contributed by atoms with van der Waals surface area (Å²) < 4.78 is 51.7. The number of halogens is 4. The minimum Gasteiger partial charge on any atom is -0.359 e. The third kappa shape index (κ3) is 4.88. The van der Waals surface area contributed by atoms with Crippen molar-refractivity contribution in [1.29, 1.82) is 0 Å². The average Bonchev–Trinajstić information content (AvgIpc) is 3.17. The number of benzene rings is 1. The van der Waals surface area contributed by atoms with Crippen LogP contribution >= 0.6 is 0 Å². The number of nitrogens with one attached hydrogen (secondary N) is 1. The van der Waals surface area contributed by atoms with E-state index in [0.29, 0.717) is 17.8 Å². The molecule has 1 aliphatic rings. The summed E-state index contributed by atoms with van der Waals surface area (Å²) >= 11 is 0. The molecule has 1 saturated carbocycles. The molecule has 0 atom stereocenters. The van der Waals surface area contributed by atoms with Gasteiger partial charge in [0.25, 0.3) is 0 Å². The van der Waals surface area contributed by atoms with Gasteiger partial charge in [0.15, 0.2) is 0 Å². The Balaban J connectivity index is 2.26. The number of rotatable bonds is 6. The Hall–Kier alpha value is -1.30. The van der Waals surface area contributed by atoms with Gasteiger partial charge in [-0.25, -0.2) is 4.39 Å². The molecule has 2 nitrogen and oxygen atoms in total. The molecular formula is C15H20F4N2. The molecule has 1 fully saturated rings. The van der Waals surface area contributed by atoms with Gasteiger partial charge >= 0.3 is 6.18 Å². The number of hydrogen-bond donors (Lipinski definition) is 1. The van der Waals surface area contributed by atoms with Crippen LogP contribution in [0.4, 0.5) is 23.2 Å². The molecule has 0 aromatic heterocycles. The van der Waals surface area contributed by atoms with Gasteiger partial charge in [-0.05, 0) is 36.6 Å². The maximum Gasteiger partial charge on any atom is 0.405 e. The fourth-order valence-electron chi connectivity index (χ4n) is 2.28. The van der Waals surface area contributed by atoms with Crippen LogP contribution < -0.4 is 10.2 Å². The topological polar surface area (TPSA) is 15.3 Å². The largest absolute Gasteiger partial charge is 0.405 e. The van der Waals surface area contributed by atoms with Gasteiger partial charge in [0, 0.05) is 24.3 Å². The second-order valence-electron chi connectivity index (χ2n) is 5.78. The highest BCUT2D eigenvalue weighted by atomic mass is 19.4. The summed E-state index contributed by atoms with van der Waals surface area (Å²) in [4.78, 5) is 1.36. The van der Waals surface area contributed by atoms with Crippen LogP contribution in [0.5, 0.6) is 0 Å². The van der Waals surface area contributed by atoms with Crippen LogP contribution in [0.3, 0.4) is 0 Å². The van der Waals surface area contributed by atoms with E-state index in [1.807, 2.05) is 13.8 Å². The van der Waals surface area contributed by atoms with Gasteiger partial charge < -0.3 is 10.2 Å². The summed E-state index contributed by atoms with van der Waals surface area (Å²) in [6, 6.07) is 4.08. The van der Waals surface area contributed by atoms with Gasteiger partial charge in [0.1, 0.15) is 12.4 Å². The standard InChI is InChI=1S/C15H20F4N2/c1-10(2)20-8-11-7-12(16)3-6-14(11)21(13-4-5-13)9-15(17,18)19/h3,6-7,10,13,20H,4-5,8-9H2,1-2H3. The van der Waals surface area contributed by atoms with Crippen LogP contribution in [0.1, 0.15) is 32.3 Å². The fraction of sp³-hybridized carbons (Fsp3) is 0.600. The van der Waals surface area contributed by atoms with Crippen LogP contribution in [-0.4, -0.2) is 24.8 Å². The van der Waals surface area contributed by atoms with E-state index in [1.54, 1.807) is 0 Å². The summed E-state index contributed by atoms with van der Waals surface area (Å²) in [7, 11) is 0. The second kappa shape index (κ2) is 6.22. The van der Waals surface area contributed by atoms with Gasteiger partial charge in [0.2, 0.25) is 0 Å². The van der Waals surface area contributed by atoms with Crippen molar-refractivity contribution in [3.8, 4) is 0 Å². The number of nitrogens with zero attached hydrogens (tertiary/aromatic N) is 1. The van der Waals surface area contributed by atoms with Crippen molar-refractivity contribution >= 4 is 5.69 Å². The first kappa shape index (κ1) is 16.1. The van der Waals surface area contributed by atoms with E-state index in [0.717, 1.165) is 12.8 Å². The van der Waals surface area contributed by atoms with Crippen molar-refractivity contribution in [2.45, 2.75) is 51.5 Å². The molecule has 2 rings (SSSR count). The average molecular weight is 304 g/mol. The van der Waals surface area contributed by atoms with Gasteiger partial charge in [-0.1, -0.05) is 13.8 Å². The van der Waals surface area contributed by atoms with Gasteiger partial charge in [-0.15, -0.1) is 0 Å². The Labute approximate surface area is 122 Å². The molecule has 1 aliphatic carbocycles. The van der Waals surface area contributed by atoms with E-state index in [4.69, 9.17) is 0 Å². The Bertz CT molecular complexity index is 481. The van der Waals surface area contributed by atoms with E-state index in [2.05, 4.69) is 5.32 Å².